The van der Waals surface area contributed by atoms with Gasteiger partial charge in [0.05, 0.1) is 15.8 Å². The van der Waals surface area contributed by atoms with Crippen LogP contribution in [0.4, 0.5) is 19.0 Å². The number of nitrogens with one attached hydrogen (secondary N) is 1. The zero-order valence-electron chi connectivity index (χ0n) is 12.6. The zero-order valence-corrected chi connectivity index (χ0v) is 13.4. The Kier molecular flexibility index (Phi) is 4.42. The van der Waals surface area contributed by atoms with Gasteiger partial charge in [-0.15, -0.1) is 11.3 Å². The third kappa shape index (κ3) is 3.34. The number of thiophene rings is 1. The van der Waals surface area contributed by atoms with Crippen LogP contribution in [0.5, 0.6) is 0 Å². The highest BCUT2D eigenvalue weighted by atomic mass is 32.1. The molecule has 0 aliphatic rings. The van der Waals surface area contributed by atoms with Crippen molar-refractivity contribution in [1.29, 1.82) is 0 Å². The summed E-state index contributed by atoms with van der Waals surface area (Å²) in [6.07, 6.45) is -5.27. The Labute approximate surface area is 140 Å². The molecule has 8 heteroatoms. The van der Waals surface area contributed by atoms with Crippen LogP contribution >= 0.6 is 11.3 Å². The second-order valence-electron chi connectivity index (χ2n) is 5.25. The van der Waals surface area contributed by atoms with Crippen LogP contribution in [0.25, 0.3) is 10.2 Å². The molecule has 0 radical (unpaired) electrons. The van der Waals surface area contributed by atoms with E-state index in [1.807, 2.05) is 5.38 Å². The molecule has 126 valence electrons. The lowest BCUT2D eigenvalue weighted by Gasteiger charge is -2.14. The lowest BCUT2D eigenvalue weighted by molar-refractivity contribution is -0.138. The SMILES string of the molecule is CC(O)c1nc(NCc2ccccc2C(F)(F)F)c2sccc2n1. The van der Waals surface area contributed by atoms with Gasteiger partial charge in [-0.2, -0.15) is 13.2 Å². The number of benzene rings is 1. The molecule has 2 aromatic heterocycles. The van der Waals surface area contributed by atoms with Crippen molar-refractivity contribution < 1.29 is 18.3 Å². The van der Waals surface area contributed by atoms with Gasteiger partial charge in [0.25, 0.3) is 0 Å². The van der Waals surface area contributed by atoms with Gasteiger partial charge >= 0.3 is 6.18 Å². The molecule has 1 aromatic carbocycles. The third-order valence-corrected chi connectivity index (χ3v) is 4.37. The highest BCUT2D eigenvalue weighted by molar-refractivity contribution is 7.17. The van der Waals surface area contributed by atoms with Crippen molar-refractivity contribution >= 4 is 27.4 Å². The number of alkyl halides is 3. The standard InChI is InChI=1S/C16H14F3N3OS/c1-9(23)14-21-12-6-7-24-13(12)15(22-14)20-8-10-4-2-3-5-11(10)16(17,18)19/h2-7,9,23H,8H2,1H3,(H,20,21,22). The molecular weight excluding hydrogens is 339 g/mol. The van der Waals surface area contributed by atoms with E-state index >= 15 is 0 Å². The van der Waals surface area contributed by atoms with E-state index in [0.717, 1.165) is 10.8 Å². The smallest absolute Gasteiger partial charge is 0.385 e. The van der Waals surface area contributed by atoms with E-state index in [0.29, 0.717) is 11.3 Å². The van der Waals surface area contributed by atoms with E-state index in [2.05, 4.69) is 15.3 Å². The van der Waals surface area contributed by atoms with E-state index in [1.54, 1.807) is 12.1 Å². The van der Waals surface area contributed by atoms with Crippen molar-refractivity contribution in [2.45, 2.75) is 25.7 Å². The van der Waals surface area contributed by atoms with Gasteiger partial charge in [-0.1, -0.05) is 18.2 Å². The molecule has 3 aromatic rings. The fourth-order valence-corrected chi connectivity index (χ4v) is 3.11. The number of hydrogen-bond acceptors (Lipinski definition) is 5. The molecule has 0 amide bonds. The van der Waals surface area contributed by atoms with Crippen molar-refractivity contribution in [1.82, 2.24) is 9.97 Å². The first-order valence-corrected chi connectivity index (χ1v) is 8.06. The summed E-state index contributed by atoms with van der Waals surface area (Å²) >= 11 is 1.39. The van der Waals surface area contributed by atoms with Crippen LogP contribution < -0.4 is 5.32 Å². The molecule has 0 saturated carbocycles. The van der Waals surface area contributed by atoms with Crippen molar-refractivity contribution in [3.05, 3.63) is 52.7 Å². The van der Waals surface area contributed by atoms with Gasteiger partial charge in [0.15, 0.2) is 5.82 Å². The van der Waals surface area contributed by atoms with Crippen LogP contribution in [0, 0.1) is 0 Å². The number of fused-ring (bicyclic) bond motifs is 1. The van der Waals surface area contributed by atoms with Crippen LogP contribution in [0.2, 0.25) is 0 Å². The molecule has 0 aliphatic heterocycles. The predicted octanol–water partition coefficient (Wildman–Crippen LogP) is 4.38. The average molecular weight is 353 g/mol. The molecule has 0 aliphatic carbocycles. The molecule has 0 saturated heterocycles. The summed E-state index contributed by atoms with van der Waals surface area (Å²) in [5.41, 5.74) is 0.106. The van der Waals surface area contributed by atoms with Gasteiger partial charge in [0, 0.05) is 6.54 Å². The van der Waals surface area contributed by atoms with E-state index in [-0.39, 0.29) is 17.9 Å². The summed E-state index contributed by atoms with van der Waals surface area (Å²) in [5.74, 6) is 0.649. The summed E-state index contributed by atoms with van der Waals surface area (Å²) in [7, 11) is 0. The molecule has 0 bridgehead atoms. The molecule has 2 heterocycles. The molecule has 2 N–H and O–H groups in total. The Bertz CT molecular complexity index is 861. The summed E-state index contributed by atoms with van der Waals surface area (Å²) in [5, 5.41) is 14.4. The highest BCUT2D eigenvalue weighted by Gasteiger charge is 2.32. The van der Waals surface area contributed by atoms with Crippen molar-refractivity contribution in [3.63, 3.8) is 0 Å². The van der Waals surface area contributed by atoms with Gasteiger partial charge in [-0.05, 0) is 30.0 Å². The summed E-state index contributed by atoms with van der Waals surface area (Å²) < 4.78 is 39.9. The molecule has 0 fully saturated rings. The van der Waals surface area contributed by atoms with Gasteiger partial charge in [-0.3, -0.25) is 0 Å². The van der Waals surface area contributed by atoms with Crippen LogP contribution in [-0.4, -0.2) is 15.1 Å². The fraction of sp³-hybridized carbons (Fsp3) is 0.250. The van der Waals surface area contributed by atoms with E-state index < -0.39 is 17.8 Å². The first kappa shape index (κ1) is 16.7. The van der Waals surface area contributed by atoms with Crippen LogP contribution in [0.15, 0.2) is 35.7 Å². The minimum Gasteiger partial charge on any atom is -0.385 e. The normalized spacial score (nSPS) is 13.2. The summed E-state index contributed by atoms with van der Waals surface area (Å²) in [6.45, 7) is 1.51. The molecule has 1 atom stereocenters. The number of rotatable bonds is 4. The van der Waals surface area contributed by atoms with Gasteiger partial charge < -0.3 is 10.4 Å². The first-order chi connectivity index (χ1) is 11.4. The molecule has 3 rings (SSSR count). The first-order valence-electron chi connectivity index (χ1n) is 7.18. The number of aliphatic hydroxyl groups is 1. The number of nitrogens with zero attached hydrogens (tertiary/aromatic N) is 2. The number of halogens is 3. The van der Waals surface area contributed by atoms with E-state index in [9.17, 15) is 18.3 Å². The Morgan fingerprint density at radius 2 is 1.96 bits per heavy atom. The zero-order chi connectivity index (χ0) is 17.3. The number of hydrogen-bond donors (Lipinski definition) is 2. The second-order valence-corrected chi connectivity index (χ2v) is 6.17. The maximum Gasteiger partial charge on any atom is 0.416 e. The Morgan fingerprint density at radius 1 is 1.21 bits per heavy atom. The topological polar surface area (TPSA) is 58.0 Å². The lowest BCUT2D eigenvalue weighted by Crippen LogP contribution is -2.12. The van der Waals surface area contributed by atoms with E-state index in [4.69, 9.17) is 0 Å². The number of anilines is 1. The van der Waals surface area contributed by atoms with Crippen molar-refractivity contribution in [3.8, 4) is 0 Å². The van der Waals surface area contributed by atoms with Crippen molar-refractivity contribution in [2.24, 2.45) is 0 Å². The number of aliphatic hydroxyl groups excluding tert-OH is 1. The van der Waals surface area contributed by atoms with Gasteiger partial charge in [0.2, 0.25) is 0 Å². The monoisotopic (exact) mass is 353 g/mol. The van der Waals surface area contributed by atoms with Crippen molar-refractivity contribution in [2.75, 3.05) is 5.32 Å². The Hall–Kier alpha value is -2.19. The second kappa shape index (κ2) is 6.37. The maximum absolute atomic E-state index is 13.1. The quantitative estimate of drug-likeness (QED) is 0.731. The Balaban J connectivity index is 1.93. The van der Waals surface area contributed by atoms with Gasteiger partial charge in [-0.25, -0.2) is 9.97 Å². The largest absolute Gasteiger partial charge is 0.416 e. The minimum atomic E-state index is -4.41. The molecular formula is C16H14F3N3OS. The average Bonchev–Trinajstić information content (AvgIpc) is 3.00. The van der Waals surface area contributed by atoms with Gasteiger partial charge in [0.1, 0.15) is 11.9 Å². The summed E-state index contributed by atoms with van der Waals surface area (Å²) in [6, 6.07) is 7.19. The predicted molar refractivity (Wildman–Crippen MR) is 86.8 cm³/mol. The van der Waals surface area contributed by atoms with Crippen LogP contribution in [0.1, 0.15) is 30.0 Å². The van der Waals surface area contributed by atoms with Crippen LogP contribution in [-0.2, 0) is 12.7 Å². The molecule has 0 spiro atoms. The lowest BCUT2D eigenvalue weighted by atomic mass is 10.1. The summed E-state index contributed by atoms with van der Waals surface area (Å²) in [4.78, 5) is 8.47. The van der Waals surface area contributed by atoms with E-state index in [1.165, 1.54) is 30.4 Å². The molecule has 1 unspecified atom stereocenters. The molecule has 4 nitrogen and oxygen atoms in total. The highest BCUT2D eigenvalue weighted by Crippen LogP contribution is 2.33. The number of aromatic nitrogens is 2. The fourth-order valence-electron chi connectivity index (χ4n) is 2.32. The molecule has 24 heavy (non-hydrogen) atoms. The maximum atomic E-state index is 13.1. The minimum absolute atomic E-state index is 0.0288. The third-order valence-electron chi connectivity index (χ3n) is 3.46. The van der Waals surface area contributed by atoms with Crippen LogP contribution in [0.3, 0.4) is 0 Å². The Morgan fingerprint density at radius 3 is 2.67 bits per heavy atom.